The largest absolute Gasteiger partial charge is 0.493 e. The first-order valence-corrected chi connectivity index (χ1v) is 9.87. The number of aromatic nitrogens is 3. The molecular formula is C23H20F3N3O3. The molecule has 0 unspecified atom stereocenters. The van der Waals surface area contributed by atoms with Crippen LogP contribution >= 0.6 is 0 Å². The molecule has 6 nitrogen and oxygen atoms in total. The summed E-state index contributed by atoms with van der Waals surface area (Å²) in [4.78, 5) is 14.6. The topological polar surface area (TPSA) is 80.0 Å². The first kappa shape index (κ1) is 21.5. The molecule has 2 aromatic carbocycles. The van der Waals surface area contributed by atoms with Gasteiger partial charge in [-0.25, -0.2) is 0 Å². The number of H-pyrrole nitrogens is 2. The maximum absolute atomic E-state index is 13.5. The second kappa shape index (κ2) is 8.41. The Morgan fingerprint density at radius 1 is 1.06 bits per heavy atom. The predicted molar refractivity (Wildman–Crippen MR) is 114 cm³/mol. The van der Waals surface area contributed by atoms with Gasteiger partial charge in [-0.05, 0) is 41.3 Å². The standard InChI is InChI=1S/C23H20F3N3O3/c1-3-13-4-5-15(18(8-13)23(24,25)26)12-32-19-7-6-14(9-20(19)31-2)16-10-21(30)28-22-17(16)11-27-29-22/h4-11H,3,12H2,1-2H3,(H2,27,28,29,30). The fraction of sp³-hybridized carbons (Fsp3) is 0.217. The minimum Gasteiger partial charge on any atom is -0.493 e. The van der Waals surface area contributed by atoms with E-state index in [4.69, 9.17) is 9.47 Å². The third-order valence-electron chi connectivity index (χ3n) is 5.19. The quantitative estimate of drug-likeness (QED) is 0.435. The van der Waals surface area contributed by atoms with Gasteiger partial charge in [0.25, 0.3) is 0 Å². The molecule has 0 fully saturated rings. The van der Waals surface area contributed by atoms with Crippen molar-refractivity contribution in [3.05, 3.63) is 75.7 Å². The third-order valence-corrected chi connectivity index (χ3v) is 5.19. The van der Waals surface area contributed by atoms with Gasteiger partial charge in [-0.1, -0.05) is 25.1 Å². The van der Waals surface area contributed by atoms with Gasteiger partial charge >= 0.3 is 6.18 Å². The number of halogens is 3. The Morgan fingerprint density at radius 2 is 1.88 bits per heavy atom. The second-order valence-electron chi connectivity index (χ2n) is 7.19. The zero-order chi connectivity index (χ0) is 22.9. The van der Waals surface area contributed by atoms with E-state index in [9.17, 15) is 18.0 Å². The number of aryl methyl sites for hydroxylation is 1. The highest BCUT2D eigenvalue weighted by atomic mass is 19.4. The number of fused-ring (bicyclic) bond motifs is 1. The molecule has 0 bridgehead atoms. The average Bonchev–Trinajstić information content (AvgIpc) is 3.24. The van der Waals surface area contributed by atoms with E-state index >= 15 is 0 Å². The highest BCUT2D eigenvalue weighted by molar-refractivity contribution is 5.92. The molecule has 166 valence electrons. The van der Waals surface area contributed by atoms with Gasteiger partial charge in [0.15, 0.2) is 17.1 Å². The van der Waals surface area contributed by atoms with E-state index < -0.39 is 11.7 Å². The van der Waals surface area contributed by atoms with Crippen LogP contribution in [-0.2, 0) is 19.2 Å². The number of hydrogen-bond donors (Lipinski definition) is 2. The molecule has 9 heteroatoms. The molecule has 2 N–H and O–H groups in total. The Balaban J connectivity index is 1.65. The molecule has 32 heavy (non-hydrogen) atoms. The molecule has 4 aromatic rings. The van der Waals surface area contributed by atoms with Gasteiger partial charge in [0, 0.05) is 23.2 Å². The van der Waals surface area contributed by atoms with Gasteiger partial charge in [-0.15, -0.1) is 0 Å². The van der Waals surface area contributed by atoms with E-state index in [1.165, 1.54) is 19.2 Å². The lowest BCUT2D eigenvalue weighted by Crippen LogP contribution is -2.12. The van der Waals surface area contributed by atoms with Crippen molar-refractivity contribution in [1.29, 1.82) is 0 Å². The van der Waals surface area contributed by atoms with Crippen molar-refractivity contribution < 1.29 is 22.6 Å². The summed E-state index contributed by atoms with van der Waals surface area (Å²) >= 11 is 0. The summed E-state index contributed by atoms with van der Waals surface area (Å²) in [5, 5.41) is 7.43. The lowest BCUT2D eigenvalue weighted by molar-refractivity contribution is -0.138. The molecule has 0 atom stereocenters. The highest BCUT2D eigenvalue weighted by Gasteiger charge is 2.33. The van der Waals surface area contributed by atoms with Crippen LogP contribution in [0.2, 0.25) is 0 Å². The van der Waals surface area contributed by atoms with Gasteiger partial charge in [-0.3, -0.25) is 9.89 Å². The fourth-order valence-corrected chi connectivity index (χ4v) is 3.53. The zero-order valence-corrected chi connectivity index (χ0v) is 17.3. The van der Waals surface area contributed by atoms with Gasteiger partial charge in [0.05, 0.1) is 12.7 Å². The van der Waals surface area contributed by atoms with Gasteiger partial charge in [-0.2, -0.15) is 18.3 Å². The number of pyridine rings is 1. The summed E-state index contributed by atoms with van der Waals surface area (Å²) in [6.45, 7) is 1.53. The Labute approximate surface area is 181 Å². The SMILES string of the molecule is CCc1ccc(COc2ccc(-c3cc(=O)[nH]c4n[nH]cc34)cc2OC)c(C(F)(F)F)c1. The molecule has 4 rings (SSSR count). The monoisotopic (exact) mass is 443 g/mol. The van der Waals surface area contributed by atoms with Gasteiger partial charge < -0.3 is 14.5 Å². The number of benzene rings is 2. The van der Waals surface area contributed by atoms with Crippen LogP contribution in [0.3, 0.4) is 0 Å². The Bertz CT molecular complexity index is 1330. The number of alkyl halides is 3. The lowest BCUT2D eigenvalue weighted by Gasteiger charge is -2.16. The van der Waals surface area contributed by atoms with Crippen molar-refractivity contribution in [3.63, 3.8) is 0 Å². The van der Waals surface area contributed by atoms with Crippen molar-refractivity contribution in [2.45, 2.75) is 26.1 Å². The van der Waals surface area contributed by atoms with Crippen LogP contribution in [0.4, 0.5) is 13.2 Å². The molecule has 0 saturated heterocycles. The van der Waals surface area contributed by atoms with E-state index in [-0.39, 0.29) is 23.5 Å². The Hall–Kier alpha value is -3.75. The van der Waals surface area contributed by atoms with Gasteiger partial charge in [0.2, 0.25) is 5.56 Å². The van der Waals surface area contributed by atoms with Crippen molar-refractivity contribution in [2.75, 3.05) is 7.11 Å². The first-order chi connectivity index (χ1) is 15.3. The first-order valence-electron chi connectivity index (χ1n) is 9.87. The number of nitrogens with zero attached hydrogens (tertiary/aromatic N) is 1. The van der Waals surface area contributed by atoms with Gasteiger partial charge in [0.1, 0.15) is 6.61 Å². The minimum absolute atomic E-state index is 0.0375. The maximum atomic E-state index is 13.5. The van der Waals surface area contributed by atoms with Crippen LogP contribution in [-0.4, -0.2) is 22.3 Å². The molecule has 2 aromatic heterocycles. The smallest absolute Gasteiger partial charge is 0.416 e. The summed E-state index contributed by atoms with van der Waals surface area (Å²) in [7, 11) is 1.44. The van der Waals surface area contributed by atoms with Crippen LogP contribution < -0.4 is 15.0 Å². The zero-order valence-electron chi connectivity index (χ0n) is 17.3. The van der Waals surface area contributed by atoms with E-state index in [2.05, 4.69) is 15.2 Å². The van der Waals surface area contributed by atoms with Crippen molar-refractivity contribution >= 4 is 11.0 Å². The van der Waals surface area contributed by atoms with Crippen LogP contribution in [0.1, 0.15) is 23.6 Å². The molecule has 0 radical (unpaired) electrons. The number of methoxy groups -OCH3 is 1. The third kappa shape index (κ3) is 4.18. The summed E-state index contributed by atoms with van der Waals surface area (Å²) in [6, 6.07) is 10.7. The number of rotatable bonds is 6. The normalized spacial score (nSPS) is 11.7. The lowest BCUT2D eigenvalue weighted by atomic mass is 10.0. The van der Waals surface area contributed by atoms with E-state index in [1.807, 2.05) is 0 Å². The second-order valence-corrected chi connectivity index (χ2v) is 7.19. The number of aromatic amines is 2. The van der Waals surface area contributed by atoms with Crippen LogP contribution in [0.5, 0.6) is 11.5 Å². The van der Waals surface area contributed by atoms with E-state index in [0.29, 0.717) is 39.9 Å². The number of ether oxygens (including phenoxy) is 2. The summed E-state index contributed by atoms with van der Waals surface area (Å²) in [5.41, 5.74) is 1.35. The summed E-state index contributed by atoms with van der Waals surface area (Å²) in [5.74, 6) is 0.621. The molecule has 0 spiro atoms. The van der Waals surface area contributed by atoms with E-state index in [0.717, 1.165) is 6.07 Å². The summed E-state index contributed by atoms with van der Waals surface area (Å²) in [6.07, 6.45) is -2.31. The van der Waals surface area contributed by atoms with Crippen molar-refractivity contribution in [3.8, 4) is 22.6 Å². The van der Waals surface area contributed by atoms with Crippen LogP contribution in [0.25, 0.3) is 22.2 Å². The number of nitrogens with one attached hydrogen (secondary N) is 2. The summed E-state index contributed by atoms with van der Waals surface area (Å²) < 4.78 is 51.6. The van der Waals surface area contributed by atoms with Crippen molar-refractivity contribution in [1.82, 2.24) is 15.2 Å². The number of hydrogen-bond acceptors (Lipinski definition) is 4. The maximum Gasteiger partial charge on any atom is 0.416 e. The van der Waals surface area contributed by atoms with E-state index in [1.54, 1.807) is 37.4 Å². The molecule has 0 aliphatic rings. The molecule has 0 aliphatic heterocycles. The minimum atomic E-state index is -4.48. The Kier molecular flexibility index (Phi) is 5.65. The molecule has 0 saturated carbocycles. The average molecular weight is 443 g/mol. The predicted octanol–water partition coefficient (Wildman–Crippen LogP) is 5.09. The van der Waals surface area contributed by atoms with Crippen LogP contribution in [0.15, 0.2) is 53.5 Å². The molecule has 0 aliphatic carbocycles. The van der Waals surface area contributed by atoms with Crippen molar-refractivity contribution in [2.24, 2.45) is 0 Å². The fourth-order valence-electron chi connectivity index (χ4n) is 3.53. The molecule has 0 amide bonds. The Morgan fingerprint density at radius 3 is 2.59 bits per heavy atom. The molecular weight excluding hydrogens is 423 g/mol. The van der Waals surface area contributed by atoms with Crippen LogP contribution in [0, 0.1) is 0 Å². The molecule has 2 heterocycles. The highest BCUT2D eigenvalue weighted by Crippen LogP contribution is 2.37.